The molecule has 1 fully saturated rings. The molecule has 1 saturated heterocycles. The van der Waals surface area contributed by atoms with Crippen LogP contribution in [0, 0.1) is 0 Å². The number of ether oxygens (including phenoxy) is 1. The number of carbonyl (C=O) groups excluding carboxylic acids is 1. The summed E-state index contributed by atoms with van der Waals surface area (Å²) in [5, 5.41) is 0.663. The largest absolute Gasteiger partial charge is 0.378 e. The lowest BCUT2D eigenvalue weighted by atomic mass is 10.1. The zero-order valence-corrected chi connectivity index (χ0v) is 12.0. The van der Waals surface area contributed by atoms with E-state index in [2.05, 4.69) is 11.8 Å². The number of morpholine rings is 1. The highest BCUT2D eigenvalue weighted by Gasteiger charge is 2.21. The lowest BCUT2D eigenvalue weighted by molar-refractivity contribution is -0.00839. The van der Waals surface area contributed by atoms with Crippen LogP contribution in [-0.4, -0.2) is 43.0 Å². The van der Waals surface area contributed by atoms with E-state index in [4.69, 9.17) is 16.3 Å². The molecular formula is C15H20ClNO2. The first-order valence-electron chi connectivity index (χ1n) is 6.81. The molecule has 1 heterocycles. The molecule has 19 heavy (non-hydrogen) atoms. The highest BCUT2D eigenvalue weighted by atomic mass is 35.5. The topological polar surface area (TPSA) is 29.5 Å². The van der Waals surface area contributed by atoms with Gasteiger partial charge >= 0.3 is 0 Å². The van der Waals surface area contributed by atoms with Crippen LogP contribution in [0.1, 0.15) is 30.1 Å². The van der Waals surface area contributed by atoms with Gasteiger partial charge in [-0.3, -0.25) is 9.69 Å². The first kappa shape index (κ1) is 14.5. The number of carbonyl (C=O) groups is 1. The summed E-state index contributed by atoms with van der Waals surface area (Å²) < 4.78 is 5.47. The van der Waals surface area contributed by atoms with Crippen molar-refractivity contribution >= 4 is 17.4 Å². The molecule has 104 valence electrons. The number of Topliss-reactive ketones (excluding diaryl/α,β-unsaturated/α-hetero) is 1. The molecule has 4 heteroatoms. The summed E-state index contributed by atoms with van der Waals surface area (Å²) in [7, 11) is 0. The highest BCUT2D eigenvalue weighted by Crippen LogP contribution is 2.14. The van der Waals surface area contributed by atoms with Crippen LogP contribution in [0.5, 0.6) is 0 Å². The summed E-state index contributed by atoms with van der Waals surface area (Å²) in [5.41, 5.74) is 0.741. The molecule has 3 nitrogen and oxygen atoms in total. The second-order valence-corrected chi connectivity index (χ2v) is 5.29. The van der Waals surface area contributed by atoms with Gasteiger partial charge in [-0.2, -0.15) is 0 Å². The Kier molecular flexibility index (Phi) is 5.37. The molecule has 0 amide bonds. The van der Waals surface area contributed by atoms with Crippen LogP contribution in [0.15, 0.2) is 24.3 Å². The van der Waals surface area contributed by atoms with Gasteiger partial charge < -0.3 is 4.74 Å². The number of ketones is 1. The Hall–Kier alpha value is -0.900. The van der Waals surface area contributed by atoms with Gasteiger partial charge in [0.05, 0.1) is 13.2 Å². The van der Waals surface area contributed by atoms with Crippen LogP contribution in [0.4, 0.5) is 0 Å². The van der Waals surface area contributed by atoms with Gasteiger partial charge in [0.1, 0.15) is 0 Å². The number of halogens is 1. The molecule has 1 atom stereocenters. The summed E-state index contributed by atoms with van der Waals surface area (Å²) in [6.45, 7) is 5.44. The Morgan fingerprint density at radius 3 is 2.84 bits per heavy atom. The molecule has 1 aliphatic heterocycles. The molecule has 0 N–H and O–H groups in total. The average molecular weight is 282 g/mol. The van der Waals surface area contributed by atoms with Crippen LogP contribution in [0.2, 0.25) is 5.02 Å². The quantitative estimate of drug-likeness (QED) is 0.777. The molecular weight excluding hydrogens is 262 g/mol. The predicted octanol–water partition coefficient (Wildman–Crippen LogP) is 3.02. The van der Waals surface area contributed by atoms with Crippen molar-refractivity contribution in [3.05, 3.63) is 34.9 Å². The van der Waals surface area contributed by atoms with Crippen molar-refractivity contribution in [1.29, 1.82) is 0 Å². The molecule has 0 spiro atoms. The van der Waals surface area contributed by atoms with Crippen LogP contribution < -0.4 is 0 Å². The van der Waals surface area contributed by atoms with E-state index in [-0.39, 0.29) is 5.78 Å². The third-order valence-corrected chi connectivity index (χ3v) is 3.86. The lowest BCUT2D eigenvalue weighted by Crippen LogP contribution is -2.45. The van der Waals surface area contributed by atoms with Gasteiger partial charge in [-0.05, 0) is 30.7 Å². The van der Waals surface area contributed by atoms with Gasteiger partial charge in [0.15, 0.2) is 5.78 Å². The molecule has 1 unspecified atom stereocenters. The number of rotatable bonds is 5. The van der Waals surface area contributed by atoms with Gasteiger partial charge in [0, 0.05) is 36.1 Å². The minimum absolute atomic E-state index is 0.179. The monoisotopic (exact) mass is 281 g/mol. The number of benzene rings is 1. The van der Waals surface area contributed by atoms with E-state index < -0.39 is 0 Å². The van der Waals surface area contributed by atoms with E-state index in [0.717, 1.165) is 38.3 Å². The molecule has 0 aliphatic carbocycles. The molecule has 0 bridgehead atoms. The fourth-order valence-electron chi connectivity index (χ4n) is 2.38. The predicted molar refractivity (Wildman–Crippen MR) is 76.9 cm³/mol. The first-order chi connectivity index (χ1) is 9.20. The molecule has 1 aliphatic rings. The Labute approximate surface area is 119 Å². The Bertz CT molecular complexity index is 419. The van der Waals surface area contributed by atoms with Crippen LogP contribution in [0.3, 0.4) is 0 Å². The SMILES string of the molecule is CCC1COCCN1CCC(=O)c1ccc(Cl)cc1. The maximum atomic E-state index is 12.1. The van der Waals surface area contributed by atoms with E-state index in [0.29, 0.717) is 17.5 Å². The molecule has 2 rings (SSSR count). The Morgan fingerprint density at radius 1 is 1.42 bits per heavy atom. The first-order valence-corrected chi connectivity index (χ1v) is 7.19. The molecule has 1 aromatic carbocycles. The van der Waals surface area contributed by atoms with E-state index >= 15 is 0 Å². The zero-order chi connectivity index (χ0) is 13.7. The zero-order valence-electron chi connectivity index (χ0n) is 11.3. The van der Waals surface area contributed by atoms with Crippen molar-refractivity contribution in [3.63, 3.8) is 0 Å². The van der Waals surface area contributed by atoms with Crippen molar-refractivity contribution in [2.45, 2.75) is 25.8 Å². The number of hydrogen-bond donors (Lipinski definition) is 0. The van der Waals surface area contributed by atoms with Crippen LogP contribution >= 0.6 is 11.6 Å². The van der Waals surface area contributed by atoms with Crippen molar-refractivity contribution in [3.8, 4) is 0 Å². The molecule has 0 radical (unpaired) electrons. The minimum Gasteiger partial charge on any atom is -0.378 e. The fraction of sp³-hybridized carbons (Fsp3) is 0.533. The van der Waals surface area contributed by atoms with E-state index in [9.17, 15) is 4.79 Å². The summed E-state index contributed by atoms with van der Waals surface area (Å²) >= 11 is 5.82. The van der Waals surface area contributed by atoms with Gasteiger partial charge in [-0.1, -0.05) is 18.5 Å². The van der Waals surface area contributed by atoms with Crippen LogP contribution in [-0.2, 0) is 4.74 Å². The lowest BCUT2D eigenvalue weighted by Gasteiger charge is -2.34. The van der Waals surface area contributed by atoms with Crippen molar-refractivity contribution in [1.82, 2.24) is 4.90 Å². The van der Waals surface area contributed by atoms with Crippen molar-refractivity contribution < 1.29 is 9.53 Å². The number of nitrogens with zero attached hydrogens (tertiary/aromatic N) is 1. The standard InChI is InChI=1S/C15H20ClNO2/c1-2-14-11-19-10-9-17(14)8-7-15(18)12-3-5-13(16)6-4-12/h3-6,14H,2,7-11H2,1H3. The smallest absolute Gasteiger partial charge is 0.164 e. The summed E-state index contributed by atoms with van der Waals surface area (Å²) in [4.78, 5) is 14.5. The van der Waals surface area contributed by atoms with Crippen molar-refractivity contribution in [2.24, 2.45) is 0 Å². The van der Waals surface area contributed by atoms with Crippen molar-refractivity contribution in [2.75, 3.05) is 26.3 Å². The third-order valence-electron chi connectivity index (χ3n) is 3.61. The molecule has 0 saturated carbocycles. The summed E-state index contributed by atoms with van der Waals surface area (Å²) in [6.07, 6.45) is 1.62. The fourth-order valence-corrected chi connectivity index (χ4v) is 2.51. The van der Waals surface area contributed by atoms with Crippen LogP contribution in [0.25, 0.3) is 0 Å². The molecule has 1 aromatic rings. The van der Waals surface area contributed by atoms with Gasteiger partial charge in [-0.15, -0.1) is 0 Å². The van der Waals surface area contributed by atoms with Gasteiger partial charge in [-0.25, -0.2) is 0 Å². The maximum Gasteiger partial charge on any atom is 0.164 e. The molecule has 0 aromatic heterocycles. The van der Waals surface area contributed by atoms with Gasteiger partial charge in [0.25, 0.3) is 0 Å². The second kappa shape index (κ2) is 7.04. The summed E-state index contributed by atoms with van der Waals surface area (Å²) in [6, 6.07) is 7.56. The second-order valence-electron chi connectivity index (χ2n) is 4.85. The third kappa shape index (κ3) is 4.03. The highest BCUT2D eigenvalue weighted by molar-refractivity contribution is 6.30. The normalized spacial score (nSPS) is 20.4. The maximum absolute atomic E-state index is 12.1. The number of hydrogen-bond acceptors (Lipinski definition) is 3. The minimum atomic E-state index is 0.179. The average Bonchev–Trinajstić information content (AvgIpc) is 2.45. The van der Waals surface area contributed by atoms with E-state index in [1.807, 2.05) is 0 Å². The van der Waals surface area contributed by atoms with E-state index in [1.165, 1.54) is 0 Å². The Balaban J connectivity index is 1.87. The van der Waals surface area contributed by atoms with Gasteiger partial charge in [0.2, 0.25) is 0 Å². The van der Waals surface area contributed by atoms with E-state index in [1.54, 1.807) is 24.3 Å². The Morgan fingerprint density at radius 2 is 2.16 bits per heavy atom. The summed E-state index contributed by atoms with van der Waals surface area (Å²) in [5.74, 6) is 0.179.